The van der Waals surface area contributed by atoms with Gasteiger partial charge in [-0.1, -0.05) is 0 Å². The number of esters is 2. The maximum atomic E-state index is 11.9. The summed E-state index contributed by atoms with van der Waals surface area (Å²) < 4.78 is 14.5. The van der Waals surface area contributed by atoms with Gasteiger partial charge in [-0.2, -0.15) is 0 Å². The predicted molar refractivity (Wildman–Crippen MR) is 71.9 cm³/mol. The summed E-state index contributed by atoms with van der Waals surface area (Å²) in [6.07, 6.45) is -1.80. The van der Waals surface area contributed by atoms with E-state index in [1.807, 2.05) is 0 Å². The highest BCUT2D eigenvalue weighted by Crippen LogP contribution is 2.25. The smallest absolute Gasteiger partial charge is 0.408 e. The maximum Gasteiger partial charge on any atom is 0.408 e. The van der Waals surface area contributed by atoms with Gasteiger partial charge in [0, 0.05) is 0 Å². The van der Waals surface area contributed by atoms with Crippen molar-refractivity contribution < 1.29 is 28.6 Å². The largest absolute Gasteiger partial charge is 0.469 e. The van der Waals surface area contributed by atoms with E-state index >= 15 is 0 Å². The van der Waals surface area contributed by atoms with Crippen LogP contribution in [0.4, 0.5) is 4.79 Å². The van der Waals surface area contributed by atoms with Crippen molar-refractivity contribution in [2.75, 3.05) is 14.2 Å². The molecule has 0 spiro atoms. The first-order valence-corrected chi connectivity index (χ1v) is 6.58. The van der Waals surface area contributed by atoms with Gasteiger partial charge in [0.15, 0.2) is 6.23 Å². The molecule has 1 aliphatic heterocycles. The second kappa shape index (κ2) is 6.75. The lowest BCUT2D eigenvalue weighted by Gasteiger charge is -2.23. The van der Waals surface area contributed by atoms with E-state index in [-0.39, 0.29) is 6.42 Å². The molecule has 21 heavy (non-hydrogen) atoms. The molecule has 8 heteroatoms. The molecule has 1 aliphatic rings. The highest BCUT2D eigenvalue weighted by Gasteiger charge is 2.43. The molecular weight excluding hydrogens is 280 g/mol. The van der Waals surface area contributed by atoms with Crippen molar-refractivity contribution in [3.05, 3.63) is 0 Å². The summed E-state index contributed by atoms with van der Waals surface area (Å²) in [6, 6.07) is 0. The Morgan fingerprint density at radius 2 is 1.76 bits per heavy atom. The number of carbonyl (C=O) groups is 3. The number of hydrogen-bond acceptors (Lipinski definition) is 7. The van der Waals surface area contributed by atoms with Gasteiger partial charge in [-0.25, -0.2) is 4.79 Å². The van der Waals surface area contributed by atoms with E-state index in [9.17, 15) is 14.4 Å². The molecule has 120 valence electrons. The summed E-state index contributed by atoms with van der Waals surface area (Å²) in [5, 5.41) is 5.38. The number of nitrogens with one attached hydrogen (secondary N) is 2. The maximum absolute atomic E-state index is 11.9. The lowest BCUT2D eigenvalue weighted by atomic mass is 9.97. The van der Waals surface area contributed by atoms with Crippen LogP contribution in [-0.2, 0) is 23.8 Å². The van der Waals surface area contributed by atoms with Crippen LogP contribution in [0.25, 0.3) is 0 Å². The van der Waals surface area contributed by atoms with E-state index in [0.717, 1.165) is 0 Å². The normalized spacial score (nSPS) is 25.1. The molecule has 0 aromatic carbocycles. The van der Waals surface area contributed by atoms with Crippen LogP contribution in [0.1, 0.15) is 27.2 Å². The molecule has 1 heterocycles. The molecular formula is C13H22N2O6. The van der Waals surface area contributed by atoms with Crippen LogP contribution in [0.5, 0.6) is 0 Å². The van der Waals surface area contributed by atoms with Gasteiger partial charge in [0.25, 0.3) is 0 Å². The van der Waals surface area contributed by atoms with E-state index in [1.165, 1.54) is 14.2 Å². The third-order valence-corrected chi connectivity index (χ3v) is 3.05. The Kier molecular flexibility index (Phi) is 5.54. The average molecular weight is 302 g/mol. The highest BCUT2D eigenvalue weighted by atomic mass is 16.6. The summed E-state index contributed by atoms with van der Waals surface area (Å²) in [6.45, 7) is 5.13. The summed E-state index contributed by atoms with van der Waals surface area (Å²) in [4.78, 5) is 34.9. The zero-order valence-electron chi connectivity index (χ0n) is 12.9. The van der Waals surface area contributed by atoms with Gasteiger partial charge in [-0.15, -0.1) is 0 Å². The summed E-state index contributed by atoms with van der Waals surface area (Å²) >= 11 is 0. The molecule has 8 nitrogen and oxygen atoms in total. The van der Waals surface area contributed by atoms with E-state index < -0.39 is 41.8 Å². The van der Waals surface area contributed by atoms with Crippen molar-refractivity contribution in [1.82, 2.24) is 10.6 Å². The van der Waals surface area contributed by atoms with Crippen LogP contribution >= 0.6 is 0 Å². The lowest BCUT2D eigenvalue weighted by molar-refractivity contribution is -0.166. The minimum atomic E-state index is -0.855. The molecule has 1 fully saturated rings. The summed E-state index contributed by atoms with van der Waals surface area (Å²) in [5.41, 5.74) is -0.698. The molecule has 2 unspecified atom stereocenters. The number of hydrogen-bond donors (Lipinski definition) is 2. The zero-order chi connectivity index (χ0) is 16.2. The molecule has 0 bridgehead atoms. The number of rotatable bonds is 3. The van der Waals surface area contributed by atoms with Crippen LogP contribution in [-0.4, -0.2) is 44.6 Å². The Bertz CT molecular complexity index is 417. The Labute approximate surface area is 123 Å². The van der Waals surface area contributed by atoms with Gasteiger partial charge < -0.3 is 19.5 Å². The molecule has 1 rings (SSSR count). The minimum Gasteiger partial charge on any atom is -0.469 e. The van der Waals surface area contributed by atoms with E-state index in [2.05, 4.69) is 15.4 Å². The molecule has 0 aromatic rings. The zero-order valence-corrected chi connectivity index (χ0v) is 12.9. The minimum absolute atomic E-state index is 0.240. The summed E-state index contributed by atoms with van der Waals surface area (Å²) in [5.74, 6) is -1.65. The Balaban J connectivity index is 2.76. The molecule has 0 aliphatic carbocycles. The molecule has 3 atom stereocenters. The number of carbonyl (C=O) groups excluding carboxylic acids is 3. The first-order chi connectivity index (χ1) is 9.68. The number of amides is 1. The second-order valence-corrected chi connectivity index (χ2v) is 5.80. The average Bonchev–Trinajstić information content (AvgIpc) is 2.79. The first kappa shape index (κ1) is 17.2. The van der Waals surface area contributed by atoms with Gasteiger partial charge in [-0.05, 0) is 27.2 Å². The predicted octanol–water partition coefficient (Wildman–Crippen LogP) is 0.366. The van der Waals surface area contributed by atoms with Gasteiger partial charge >= 0.3 is 18.0 Å². The molecule has 1 amide bonds. The lowest BCUT2D eigenvalue weighted by Crippen LogP contribution is -2.46. The van der Waals surface area contributed by atoms with Crippen LogP contribution in [0.2, 0.25) is 0 Å². The molecule has 2 N–H and O–H groups in total. The third-order valence-electron chi connectivity index (χ3n) is 3.05. The van der Waals surface area contributed by atoms with Crippen molar-refractivity contribution in [2.24, 2.45) is 11.3 Å². The van der Waals surface area contributed by atoms with Crippen molar-refractivity contribution in [1.29, 1.82) is 0 Å². The fraction of sp³-hybridized carbons (Fsp3) is 0.769. The molecule has 0 radical (unpaired) electrons. The van der Waals surface area contributed by atoms with Crippen molar-refractivity contribution >= 4 is 18.0 Å². The Hall–Kier alpha value is -1.83. The van der Waals surface area contributed by atoms with Crippen molar-refractivity contribution in [3.8, 4) is 0 Å². The van der Waals surface area contributed by atoms with E-state index in [4.69, 9.17) is 9.47 Å². The quantitative estimate of drug-likeness (QED) is 0.573. The number of methoxy groups -OCH3 is 2. The number of ether oxygens (including phenoxy) is 3. The van der Waals surface area contributed by atoms with Gasteiger partial charge in [0.05, 0.1) is 25.8 Å². The topological polar surface area (TPSA) is 103 Å². The summed E-state index contributed by atoms with van der Waals surface area (Å²) in [7, 11) is 2.49. The van der Waals surface area contributed by atoms with Gasteiger partial charge in [-0.3, -0.25) is 14.9 Å². The monoisotopic (exact) mass is 302 g/mol. The Morgan fingerprint density at radius 1 is 1.14 bits per heavy atom. The molecule has 0 aromatic heterocycles. The standard InChI is InChI=1S/C13H22N2O6/c1-13(2,3)11(17)21-9-7(10(16)19-4)6-8(14-9)15-12(18)20-5/h7-9,14H,6H2,1-5H3,(H,15,18)/t7-,8?,9?/m0/s1. The molecule has 0 saturated carbocycles. The number of alkyl carbamates (subject to hydrolysis) is 1. The fourth-order valence-corrected chi connectivity index (χ4v) is 1.84. The van der Waals surface area contributed by atoms with E-state index in [0.29, 0.717) is 0 Å². The SMILES string of the molecule is COC(=O)NC1C[C@H](C(=O)OC)C(OC(=O)C(C)(C)C)N1. The van der Waals surface area contributed by atoms with Gasteiger partial charge in [0.2, 0.25) is 0 Å². The highest BCUT2D eigenvalue weighted by molar-refractivity contribution is 5.77. The Morgan fingerprint density at radius 3 is 2.24 bits per heavy atom. The van der Waals surface area contributed by atoms with Crippen LogP contribution in [0, 0.1) is 11.3 Å². The fourth-order valence-electron chi connectivity index (χ4n) is 1.84. The second-order valence-electron chi connectivity index (χ2n) is 5.80. The van der Waals surface area contributed by atoms with Crippen LogP contribution in [0.3, 0.4) is 0 Å². The van der Waals surface area contributed by atoms with Crippen LogP contribution in [0.15, 0.2) is 0 Å². The van der Waals surface area contributed by atoms with Crippen molar-refractivity contribution in [2.45, 2.75) is 39.6 Å². The third kappa shape index (κ3) is 4.59. The van der Waals surface area contributed by atoms with Crippen LogP contribution < -0.4 is 10.6 Å². The van der Waals surface area contributed by atoms with E-state index in [1.54, 1.807) is 20.8 Å². The van der Waals surface area contributed by atoms with Gasteiger partial charge in [0.1, 0.15) is 5.92 Å². The first-order valence-electron chi connectivity index (χ1n) is 6.58. The molecule has 1 saturated heterocycles. The van der Waals surface area contributed by atoms with Crippen molar-refractivity contribution in [3.63, 3.8) is 0 Å².